The Bertz CT molecular complexity index is 120. The molecule has 0 aliphatic carbocycles. The fourth-order valence-electron chi connectivity index (χ4n) is 0.577. The molecule has 54 valence electrons. The summed E-state index contributed by atoms with van der Waals surface area (Å²) in [4.78, 5) is 0. The lowest BCUT2D eigenvalue weighted by Gasteiger charge is -1.82. The fourth-order valence-corrected chi connectivity index (χ4v) is 0.577. The molecule has 0 atom stereocenters. The maximum absolute atomic E-state index is 3.57. The Labute approximate surface area is 63.3 Å². The van der Waals surface area contributed by atoms with Crippen molar-refractivity contribution in [1.82, 2.24) is 0 Å². The molecule has 0 unspecified atom stereocenters. The monoisotopic (exact) mass is 134 g/mol. The minimum atomic E-state index is 1.08. The van der Waals surface area contributed by atoms with Gasteiger partial charge < -0.3 is 0 Å². The first-order valence-electron chi connectivity index (χ1n) is 3.47. The summed E-state index contributed by atoms with van der Waals surface area (Å²) in [7, 11) is 0. The summed E-state index contributed by atoms with van der Waals surface area (Å²) in [6, 6.07) is 0. The highest BCUT2D eigenvalue weighted by Gasteiger charge is 1.72. The standard InChI is InChI=1S/C10H14/c1-3-5-7-9-10-8-6-4-2/h3-8H,1-2,9-10H2/b7-5-,8-6-. The Morgan fingerprint density at radius 2 is 1.20 bits per heavy atom. The van der Waals surface area contributed by atoms with E-state index < -0.39 is 0 Å². The summed E-state index contributed by atoms with van der Waals surface area (Å²) < 4.78 is 0. The average molecular weight is 134 g/mol. The zero-order valence-corrected chi connectivity index (χ0v) is 6.29. The molecule has 0 aromatic rings. The number of allylic oxidation sites excluding steroid dienone is 6. The Morgan fingerprint density at radius 3 is 1.50 bits per heavy atom. The van der Waals surface area contributed by atoms with Gasteiger partial charge in [0.05, 0.1) is 0 Å². The van der Waals surface area contributed by atoms with Crippen molar-refractivity contribution >= 4 is 0 Å². The SMILES string of the molecule is C=C/C=C\CC/C=C\C=C. The van der Waals surface area contributed by atoms with Gasteiger partial charge in [-0.25, -0.2) is 0 Å². The van der Waals surface area contributed by atoms with Crippen molar-refractivity contribution in [2.24, 2.45) is 0 Å². The van der Waals surface area contributed by atoms with Crippen molar-refractivity contribution < 1.29 is 0 Å². The molecule has 0 saturated carbocycles. The first kappa shape index (κ1) is 8.96. The molecule has 0 bridgehead atoms. The van der Waals surface area contributed by atoms with Gasteiger partial charge in [-0.1, -0.05) is 49.6 Å². The van der Waals surface area contributed by atoms with Crippen molar-refractivity contribution in [2.75, 3.05) is 0 Å². The molecule has 0 aliphatic rings. The van der Waals surface area contributed by atoms with Gasteiger partial charge in [0, 0.05) is 0 Å². The van der Waals surface area contributed by atoms with Gasteiger partial charge in [-0.3, -0.25) is 0 Å². The van der Waals surface area contributed by atoms with E-state index in [4.69, 9.17) is 0 Å². The first-order valence-corrected chi connectivity index (χ1v) is 3.47. The second-order valence-electron chi connectivity index (χ2n) is 1.91. The largest absolute Gasteiger partial charge is 0.0991 e. The molecule has 10 heavy (non-hydrogen) atoms. The molecular formula is C10H14. The Morgan fingerprint density at radius 1 is 0.800 bits per heavy atom. The van der Waals surface area contributed by atoms with E-state index >= 15 is 0 Å². The zero-order chi connectivity index (χ0) is 7.66. The van der Waals surface area contributed by atoms with Crippen molar-refractivity contribution in [1.29, 1.82) is 0 Å². The topological polar surface area (TPSA) is 0 Å². The molecule has 0 heterocycles. The molecule has 0 aromatic carbocycles. The van der Waals surface area contributed by atoms with E-state index in [-0.39, 0.29) is 0 Å². The predicted octanol–water partition coefficient (Wildman–Crippen LogP) is 3.25. The van der Waals surface area contributed by atoms with E-state index in [2.05, 4.69) is 25.3 Å². The van der Waals surface area contributed by atoms with E-state index in [1.54, 1.807) is 12.2 Å². The Kier molecular flexibility index (Phi) is 7.13. The molecule has 0 radical (unpaired) electrons. The second-order valence-corrected chi connectivity index (χ2v) is 1.91. The quantitative estimate of drug-likeness (QED) is 0.400. The number of rotatable bonds is 5. The van der Waals surface area contributed by atoms with Crippen LogP contribution in [-0.4, -0.2) is 0 Å². The van der Waals surface area contributed by atoms with Crippen molar-refractivity contribution in [3.8, 4) is 0 Å². The fraction of sp³-hybridized carbons (Fsp3) is 0.200. The molecule has 0 aromatic heterocycles. The van der Waals surface area contributed by atoms with Crippen LogP contribution >= 0.6 is 0 Å². The average Bonchev–Trinajstić information content (AvgIpc) is 1.97. The zero-order valence-electron chi connectivity index (χ0n) is 6.29. The Balaban J connectivity index is 3.19. The molecular weight excluding hydrogens is 120 g/mol. The molecule has 0 fully saturated rings. The number of hydrogen-bond donors (Lipinski definition) is 0. The van der Waals surface area contributed by atoms with E-state index in [1.807, 2.05) is 12.2 Å². The van der Waals surface area contributed by atoms with Crippen LogP contribution in [0.2, 0.25) is 0 Å². The van der Waals surface area contributed by atoms with Gasteiger partial charge in [-0.05, 0) is 12.8 Å². The third kappa shape index (κ3) is 6.96. The van der Waals surface area contributed by atoms with Crippen molar-refractivity contribution in [3.63, 3.8) is 0 Å². The third-order valence-electron chi connectivity index (χ3n) is 1.04. The van der Waals surface area contributed by atoms with Crippen LogP contribution in [0.1, 0.15) is 12.8 Å². The smallest absolute Gasteiger partial charge is 0.0313 e. The normalized spacial score (nSPS) is 10.8. The van der Waals surface area contributed by atoms with Crippen LogP contribution < -0.4 is 0 Å². The second kappa shape index (κ2) is 7.96. The molecule has 0 aliphatic heterocycles. The van der Waals surface area contributed by atoms with Crippen LogP contribution in [0, 0.1) is 0 Å². The summed E-state index contributed by atoms with van der Waals surface area (Å²) >= 11 is 0. The van der Waals surface area contributed by atoms with E-state index in [0.29, 0.717) is 0 Å². The lowest BCUT2D eigenvalue weighted by Crippen LogP contribution is -1.61. The molecule has 0 spiro atoms. The minimum Gasteiger partial charge on any atom is -0.0991 e. The third-order valence-corrected chi connectivity index (χ3v) is 1.04. The summed E-state index contributed by atoms with van der Waals surface area (Å²) in [5.74, 6) is 0. The van der Waals surface area contributed by atoms with E-state index in [9.17, 15) is 0 Å². The number of hydrogen-bond acceptors (Lipinski definition) is 0. The van der Waals surface area contributed by atoms with Gasteiger partial charge >= 0.3 is 0 Å². The maximum Gasteiger partial charge on any atom is -0.0313 e. The van der Waals surface area contributed by atoms with Crippen LogP contribution in [0.3, 0.4) is 0 Å². The van der Waals surface area contributed by atoms with Crippen molar-refractivity contribution in [2.45, 2.75) is 12.8 Å². The van der Waals surface area contributed by atoms with Crippen LogP contribution in [0.15, 0.2) is 49.6 Å². The van der Waals surface area contributed by atoms with Crippen LogP contribution in [0.4, 0.5) is 0 Å². The van der Waals surface area contributed by atoms with Gasteiger partial charge in [0.25, 0.3) is 0 Å². The highest BCUT2D eigenvalue weighted by atomic mass is 13.8. The molecule has 0 amide bonds. The van der Waals surface area contributed by atoms with E-state index in [1.165, 1.54) is 0 Å². The van der Waals surface area contributed by atoms with Crippen molar-refractivity contribution in [3.05, 3.63) is 49.6 Å². The van der Waals surface area contributed by atoms with Gasteiger partial charge in [0.1, 0.15) is 0 Å². The first-order chi connectivity index (χ1) is 4.91. The summed E-state index contributed by atoms with van der Waals surface area (Å²) in [6.07, 6.45) is 13.9. The Hall–Kier alpha value is -1.04. The maximum atomic E-state index is 3.57. The molecule has 0 rings (SSSR count). The molecule has 0 heteroatoms. The lowest BCUT2D eigenvalue weighted by molar-refractivity contribution is 1.05. The highest BCUT2D eigenvalue weighted by Crippen LogP contribution is 1.92. The summed E-state index contributed by atoms with van der Waals surface area (Å²) in [5.41, 5.74) is 0. The van der Waals surface area contributed by atoms with Gasteiger partial charge in [0.15, 0.2) is 0 Å². The minimum absolute atomic E-state index is 1.08. The highest BCUT2D eigenvalue weighted by molar-refractivity contribution is 5.00. The van der Waals surface area contributed by atoms with Gasteiger partial charge in [-0.2, -0.15) is 0 Å². The molecule has 0 nitrogen and oxygen atoms in total. The number of unbranched alkanes of at least 4 members (excludes halogenated alkanes) is 1. The summed E-state index contributed by atoms with van der Waals surface area (Å²) in [5, 5.41) is 0. The summed E-state index contributed by atoms with van der Waals surface area (Å²) in [6.45, 7) is 7.15. The predicted molar refractivity (Wildman–Crippen MR) is 47.9 cm³/mol. The van der Waals surface area contributed by atoms with Gasteiger partial charge in [-0.15, -0.1) is 0 Å². The van der Waals surface area contributed by atoms with Crippen LogP contribution in [0.25, 0.3) is 0 Å². The van der Waals surface area contributed by atoms with Gasteiger partial charge in [0.2, 0.25) is 0 Å². The molecule has 0 saturated heterocycles. The van der Waals surface area contributed by atoms with Crippen LogP contribution in [0.5, 0.6) is 0 Å². The van der Waals surface area contributed by atoms with Crippen LogP contribution in [-0.2, 0) is 0 Å². The van der Waals surface area contributed by atoms with E-state index in [0.717, 1.165) is 12.8 Å². The lowest BCUT2D eigenvalue weighted by atomic mass is 10.2. The molecule has 0 N–H and O–H groups in total.